The molecule has 2 unspecified atom stereocenters. The topological polar surface area (TPSA) is 81.2 Å². The van der Waals surface area contributed by atoms with Gasteiger partial charge in [0, 0.05) is 29.9 Å². The minimum absolute atomic E-state index is 0.128. The number of rotatable bonds is 3. The van der Waals surface area contributed by atoms with Gasteiger partial charge in [0.15, 0.2) is 0 Å². The van der Waals surface area contributed by atoms with E-state index in [2.05, 4.69) is 5.32 Å². The number of nitrogens with zero attached hydrogens (tertiary/aromatic N) is 1. The Hall–Kier alpha value is -1.62. The van der Waals surface area contributed by atoms with Gasteiger partial charge in [-0.25, -0.2) is 0 Å². The van der Waals surface area contributed by atoms with Gasteiger partial charge >= 0.3 is 0 Å². The molecule has 1 fully saturated rings. The Balaban J connectivity index is 2.12. The van der Waals surface area contributed by atoms with E-state index >= 15 is 0 Å². The predicted octanol–water partition coefficient (Wildman–Crippen LogP) is 2.59. The molecule has 0 spiro atoms. The SMILES string of the molecule is Cc1ccc([N+](=O)[O-])cc1NC1CCCC(N)C1. The van der Waals surface area contributed by atoms with Crippen molar-refractivity contribution in [2.75, 3.05) is 5.32 Å². The molecular weight excluding hydrogens is 230 g/mol. The lowest BCUT2D eigenvalue weighted by atomic mass is 9.91. The first kappa shape index (κ1) is 12.8. The number of hydrogen-bond donors (Lipinski definition) is 2. The number of hydrogen-bond acceptors (Lipinski definition) is 4. The molecule has 18 heavy (non-hydrogen) atoms. The van der Waals surface area contributed by atoms with E-state index in [0.29, 0.717) is 6.04 Å². The number of nitrogens with two attached hydrogens (primary N) is 1. The van der Waals surface area contributed by atoms with E-state index in [1.54, 1.807) is 12.1 Å². The summed E-state index contributed by atoms with van der Waals surface area (Å²) in [5, 5.41) is 14.2. The van der Waals surface area contributed by atoms with Crippen molar-refractivity contribution in [2.24, 2.45) is 5.73 Å². The molecule has 0 aliphatic heterocycles. The van der Waals surface area contributed by atoms with Gasteiger partial charge in [0.05, 0.1) is 4.92 Å². The van der Waals surface area contributed by atoms with Gasteiger partial charge in [0.25, 0.3) is 5.69 Å². The minimum Gasteiger partial charge on any atom is -0.382 e. The monoisotopic (exact) mass is 249 g/mol. The average molecular weight is 249 g/mol. The van der Waals surface area contributed by atoms with E-state index in [0.717, 1.165) is 36.9 Å². The Kier molecular flexibility index (Phi) is 3.81. The molecule has 98 valence electrons. The maximum atomic E-state index is 10.8. The van der Waals surface area contributed by atoms with Crippen LogP contribution in [-0.2, 0) is 0 Å². The fourth-order valence-corrected chi connectivity index (χ4v) is 2.46. The van der Waals surface area contributed by atoms with Crippen LogP contribution in [0.25, 0.3) is 0 Å². The van der Waals surface area contributed by atoms with Gasteiger partial charge in [-0.1, -0.05) is 6.07 Å². The second kappa shape index (κ2) is 5.35. The van der Waals surface area contributed by atoms with Crippen molar-refractivity contribution < 1.29 is 4.92 Å². The summed E-state index contributed by atoms with van der Waals surface area (Å²) in [7, 11) is 0. The molecule has 0 saturated heterocycles. The molecular formula is C13H19N3O2. The third-order valence-corrected chi connectivity index (χ3v) is 3.51. The van der Waals surface area contributed by atoms with Crippen molar-refractivity contribution in [1.29, 1.82) is 0 Å². The van der Waals surface area contributed by atoms with Gasteiger partial charge in [-0.05, 0) is 38.2 Å². The molecule has 1 aromatic rings. The molecule has 3 N–H and O–H groups in total. The quantitative estimate of drug-likeness (QED) is 0.637. The van der Waals surface area contributed by atoms with Crippen LogP contribution in [0.1, 0.15) is 31.2 Å². The lowest BCUT2D eigenvalue weighted by molar-refractivity contribution is -0.384. The fourth-order valence-electron chi connectivity index (χ4n) is 2.46. The smallest absolute Gasteiger partial charge is 0.271 e. The highest BCUT2D eigenvalue weighted by Crippen LogP contribution is 2.26. The zero-order valence-electron chi connectivity index (χ0n) is 10.6. The van der Waals surface area contributed by atoms with Crippen LogP contribution in [0.15, 0.2) is 18.2 Å². The summed E-state index contributed by atoms with van der Waals surface area (Å²) in [6, 6.07) is 5.50. The lowest BCUT2D eigenvalue weighted by Crippen LogP contribution is -2.35. The summed E-state index contributed by atoms with van der Waals surface area (Å²) in [6.45, 7) is 1.95. The maximum absolute atomic E-state index is 10.8. The number of nitrogens with one attached hydrogen (secondary N) is 1. The van der Waals surface area contributed by atoms with Gasteiger partial charge in [0.2, 0.25) is 0 Å². The van der Waals surface area contributed by atoms with E-state index < -0.39 is 0 Å². The van der Waals surface area contributed by atoms with E-state index in [1.165, 1.54) is 6.07 Å². The summed E-state index contributed by atoms with van der Waals surface area (Å²) in [5.74, 6) is 0. The molecule has 0 bridgehead atoms. The number of nitro groups is 1. The van der Waals surface area contributed by atoms with Gasteiger partial charge < -0.3 is 11.1 Å². The van der Waals surface area contributed by atoms with E-state index in [-0.39, 0.29) is 16.7 Å². The van der Waals surface area contributed by atoms with Gasteiger partial charge in [-0.2, -0.15) is 0 Å². The Morgan fingerprint density at radius 2 is 2.22 bits per heavy atom. The van der Waals surface area contributed by atoms with Crippen molar-refractivity contribution in [1.82, 2.24) is 0 Å². The first-order valence-electron chi connectivity index (χ1n) is 6.33. The lowest BCUT2D eigenvalue weighted by Gasteiger charge is -2.28. The van der Waals surface area contributed by atoms with Gasteiger partial charge in [-0.3, -0.25) is 10.1 Å². The van der Waals surface area contributed by atoms with Crippen LogP contribution in [0.2, 0.25) is 0 Å². The number of non-ortho nitro benzene ring substituents is 1. The minimum atomic E-state index is -0.364. The zero-order valence-corrected chi connectivity index (χ0v) is 10.6. The van der Waals surface area contributed by atoms with Crippen LogP contribution in [-0.4, -0.2) is 17.0 Å². The van der Waals surface area contributed by atoms with Crippen molar-refractivity contribution in [3.8, 4) is 0 Å². The fraction of sp³-hybridized carbons (Fsp3) is 0.538. The van der Waals surface area contributed by atoms with Crippen molar-refractivity contribution >= 4 is 11.4 Å². The average Bonchev–Trinajstić information content (AvgIpc) is 2.31. The Labute approximate surface area is 107 Å². The molecule has 1 aromatic carbocycles. The van der Waals surface area contributed by atoms with Crippen LogP contribution < -0.4 is 11.1 Å². The first-order valence-corrected chi connectivity index (χ1v) is 6.33. The normalized spacial score (nSPS) is 23.7. The predicted molar refractivity (Wildman–Crippen MR) is 71.7 cm³/mol. The van der Waals surface area contributed by atoms with Crippen molar-refractivity contribution in [3.63, 3.8) is 0 Å². The van der Waals surface area contributed by atoms with Crippen LogP contribution in [0, 0.1) is 17.0 Å². The van der Waals surface area contributed by atoms with Crippen molar-refractivity contribution in [3.05, 3.63) is 33.9 Å². The van der Waals surface area contributed by atoms with Crippen LogP contribution >= 0.6 is 0 Å². The second-order valence-corrected chi connectivity index (χ2v) is 5.02. The standard InChI is InChI=1S/C13H19N3O2/c1-9-5-6-12(16(17)18)8-13(9)15-11-4-2-3-10(14)7-11/h5-6,8,10-11,15H,2-4,7,14H2,1H3. The zero-order chi connectivity index (χ0) is 13.1. The molecule has 1 saturated carbocycles. The highest BCUT2D eigenvalue weighted by atomic mass is 16.6. The molecule has 0 heterocycles. The summed E-state index contributed by atoms with van der Waals surface area (Å²) >= 11 is 0. The Morgan fingerprint density at radius 3 is 2.89 bits per heavy atom. The molecule has 0 amide bonds. The van der Waals surface area contributed by atoms with E-state index in [9.17, 15) is 10.1 Å². The molecule has 5 heteroatoms. The third-order valence-electron chi connectivity index (χ3n) is 3.51. The maximum Gasteiger partial charge on any atom is 0.271 e. The summed E-state index contributed by atoms with van der Waals surface area (Å²) < 4.78 is 0. The molecule has 1 aliphatic rings. The largest absolute Gasteiger partial charge is 0.382 e. The Bertz CT molecular complexity index is 448. The summed E-state index contributed by atoms with van der Waals surface area (Å²) in [5.41, 5.74) is 7.95. The van der Waals surface area contributed by atoms with Gasteiger partial charge in [-0.15, -0.1) is 0 Å². The molecule has 2 atom stereocenters. The van der Waals surface area contributed by atoms with Crippen molar-refractivity contribution in [2.45, 2.75) is 44.7 Å². The Morgan fingerprint density at radius 1 is 1.44 bits per heavy atom. The van der Waals surface area contributed by atoms with Gasteiger partial charge in [0.1, 0.15) is 0 Å². The molecule has 5 nitrogen and oxygen atoms in total. The third kappa shape index (κ3) is 2.98. The van der Waals surface area contributed by atoms with E-state index in [1.807, 2.05) is 6.92 Å². The highest BCUT2D eigenvalue weighted by Gasteiger charge is 2.20. The van der Waals surface area contributed by atoms with Crippen LogP contribution in [0.4, 0.5) is 11.4 Å². The van der Waals surface area contributed by atoms with Crippen LogP contribution in [0.5, 0.6) is 0 Å². The highest BCUT2D eigenvalue weighted by molar-refractivity contribution is 5.57. The molecule has 1 aliphatic carbocycles. The number of anilines is 1. The second-order valence-electron chi connectivity index (χ2n) is 5.02. The molecule has 0 aromatic heterocycles. The van der Waals surface area contributed by atoms with E-state index in [4.69, 9.17) is 5.73 Å². The van der Waals surface area contributed by atoms with Crippen LogP contribution in [0.3, 0.4) is 0 Å². The summed E-state index contributed by atoms with van der Waals surface area (Å²) in [6.07, 6.45) is 4.21. The summed E-state index contributed by atoms with van der Waals surface area (Å²) in [4.78, 5) is 10.4. The number of nitro benzene ring substituents is 1. The number of aryl methyl sites for hydroxylation is 1. The first-order chi connectivity index (χ1) is 8.56. The number of benzene rings is 1. The molecule has 2 rings (SSSR count). The molecule has 0 radical (unpaired) electrons.